The summed E-state index contributed by atoms with van der Waals surface area (Å²) in [4.78, 5) is 11.7. The van der Waals surface area contributed by atoms with E-state index in [1.54, 1.807) is 0 Å². The van der Waals surface area contributed by atoms with Gasteiger partial charge in [0.2, 0.25) is 0 Å². The smallest absolute Gasteiger partial charge is 0.178 e. The SMILES string of the molecule is Cc1c(C)c(C)c(C(=O)CCl)c(C)c1C. The van der Waals surface area contributed by atoms with Crippen LogP contribution in [0.25, 0.3) is 0 Å². The second kappa shape index (κ2) is 4.36. The Labute approximate surface area is 96.5 Å². The second-order valence-electron chi connectivity index (χ2n) is 4.06. The van der Waals surface area contributed by atoms with E-state index in [4.69, 9.17) is 11.6 Å². The van der Waals surface area contributed by atoms with Gasteiger partial charge in [-0.3, -0.25) is 4.79 Å². The molecule has 82 valence electrons. The van der Waals surface area contributed by atoms with Gasteiger partial charge in [-0.25, -0.2) is 0 Å². The Morgan fingerprint density at radius 1 is 0.867 bits per heavy atom. The molecule has 0 aliphatic heterocycles. The van der Waals surface area contributed by atoms with Crippen LogP contribution in [0.4, 0.5) is 0 Å². The van der Waals surface area contributed by atoms with E-state index in [1.807, 2.05) is 13.8 Å². The Morgan fingerprint density at radius 3 is 1.53 bits per heavy atom. The Bertz CT molecular complexity index is 390. The molecule has 0 N–H and O–H groups in total. The number of rotatable bonds is 2. The first kappa shape index (κ1) is 12.3. The first-order valence-electron chi connectivity index (χ1n) is 5.07. The van der Waals surface area contributed by atoms with Gasteiger partial charge < -0.3 is 0 Å². The lowest BCUT2D eigenvalue weighted by Crippen LogP contribution is -2.10. The van der Waals surface area contributed by atoms with Crippen LogP contribution in [0.3, 0.4) is 0 Å². The minimum absolute atomic E-state index is 0.0258. The van der Waals surface area contributed by atoms with Gasteiger partial charge in [0.25, 0.3) is 0 Å². The van der Waals surface area contributed by atoms with Crippen LogP contribution < -0.4 is 0 Å². The van der Waals surface area contributed by atoms with Crippen LogP contribution in [0, 0.1) is 34.6 Å². The van der Waals surface area contributed by atoms with E-state index < -0.39 is 0 Å². The average Bonchev–Trinajstić information content (AvgIpc) is 2.23. The third kappa shape index (κ3) is 1.93. The number of Topliss-reactive ketones (excluding diaryl/α,β-unsaturated/α-hetero) is 1. The Morgan fingerprint density at radius 2 is 1.20 bits per heavy atom. The molecule has 1 aromatic rings. The van der Waals surface area contributed by atoms with Crippen molar-refractivity contribution in [1.29, 1.82) is 0 Å². The Hall–Kier alpha value is -0.820. The fourth-order valence-electron chi connectivity index (χ4n) is 1.99. The van der Waals surface area contributed by atoms with Crippen LogP contribution in [0.5, 0.6) is 0 Å². The van der Waals surface area contributed by atoms with Crippen molar-refractivity contribution in [2.24, 2.45) is 0 Å². The van der Waals surface area contributed by atoms with Gasteiger partial charge in [-0.2, -0.15) is 0 Å². The molecule has 0 unspecified atom stereocenters. The first-order valence-corrected chi connectivity index (χ1v) is 5.61. The number of alkyl halides is 1. The highest BCUT2D eigenvalue weighted by molar-refractivity contribution is 6.30. The molecule has 1 aromatic carbocycles. The highest BCUT2D eigenvalue weighted by Gasteiger charge is 2.16. The van der Waals surface area contributed by atoms with Gasteiger partial charge in [0.1, 0.15) is 0 Å². The molecule has 0 saturated heterocycles. The van der Waals surface area contributed by atoms with Crippen LogP contribution in [-0.4, -0.2) is 11.7 Å². The fourth-order valence-corrected chi connectivity index (χ4v) is 2.12. The molecular weight excluding hydrogens is 208 g/mol. The maximum atomic E-state index is 11.7. The molecule has 2 heteroatoms. The number of hydrogen-bond donors (Lipinski definition) is 0. The summed E-state index contributed by atoms with van der Waals surface area (Å²) in [6.07, 6.45) is 0. The van der Waals surface area contributed by atoms with E-state index in [0.29, 0.717) is 0 Å². The van der Waals surface area contributed by atoms with E-state index >= 15 is 0 Å². The maximum Gasteiger partial charge on any atom is 0.178 e. The Kier molecular flexibility index (Phi) is 3.56. The van der Waals surface area contributed by atoms with E-state index in [0.717, 1.165) is 16.7 Å². The number of carbonyl (C=O) groups excluding carboxylic acids is 1. The van der Waals surface area contributed by atoms with Gasteiger partial charge in [0, 0.05) is 5.56 Å². The molecule has 1 rings (SSSR count). The van der Waals surface area contributed by atoms with Crippen molar-refractivity contribution < 1.29 is 4.79 Å². The van der Waals surface area contributed by atoms with Crippen molar-refractivity contribution in [3.63, 3.8) is 0 Å². The summed E-state index contributed by atoms with van der Waals surface area (Å²) in [5.74, 6) is 0.0850. The van der Waals surface area contributed by atoms with Crippen LogP contribution >= 0.6 is 11.6 Å². The van der Waals surface area contributed by atoms with Crippen molar-refractivity contribution in [2.45, 2.75) is 34.6 Å². The minimum atomic E-state index is 0.0258. The number of ketones is 1. The van der Waals surface area contributed by atoms with Crippen LogP contribution in [0.1, 0.15) is 38.2 Å². The topological polar surface area (TPSA) is 17.1 Å². The standard InChI is InChI=1S/C13H17ClO/c1-7-8(2)10(4)13(12(15)6-14)11(5)9(7)3/h6H2,1-5H3. The van der Waals surface area contributed by atoms with E-state index in [-0.39, 0.29) is 11.7 Å². The van der Waals surface area contributed by atoms with Crippen molar-refractivity contribution in [3.8, 4) is 0 Å². The lowest BCUT2D eigenvalue weighted by molar-refractivity contribution is 0.101. The predicted molar refractivity (Wildman–Crippen MR) is 65.2 cm³/mol. The summed E-state index contributed by atoms with van der Waals surface area (Å²) in [6.45, 7) is 10.2. The van der Waals surface area contributed by atoms with Crippen LogP contribution in [-0.2, 0) is 0 Å². The summed E-state index contributed by atoms with van der Waals surface area (Å²) < 4.78 is 0. The average molecular weight is 225 g/mol. The van der Waals surface area contributed by atoms with Crippen LogP contribution in [0.15, 0.2) is 0 Å². The predicted octanol–water partition coefficient (Wildman–Crippen LogP) is 3.65. The molecule has 0 spiro atoms. The van der Waals surface area contributed by atoms with Gasteiger partial charge in [-0.05, 0) is 62.4 Å². The number of benzene rings is 1. The van der Waals surface area contributed by atoms with Crippen molar-refractivity contribution in [3.05, 3.63) is 33.4 Å². The molecule has 15 heavy (non-hydrogen) atoms. The second-order valence-corrected chi connectivity index (χ2v) is 4.32. The van der Waals surface area contributed by atoms with Gasteiger partial charge >= 0.3 is 0 Å². The normalized spacial score (nSPS) is 10.5. The molecule has 0 fully saturated rings. The summed E-state index contributed by atoms with van der Waals surface area (Å²) in [5, 5.41) is 0. The third-order valence-electron chi connectivity index (χ3n) is 3.40. The van der Waals surface area contributed by atoms with Gasteiger partial charge in [-0.1, -0.05) is 0 Å². The fraction of sp³-hybridized carbons (Fsp3) is 0.462. The van der Waals surface area contributed by atoms with E-state index in [1.165, 1.54) is 16.7 Å². The lowest BCUT2D eigenvalue weighted by atomic mass is 9.88. The Balaban J connectivity index is 3.60. The van der Waals surface area contributed by atoms with Gasteiger partial charge in [-0.15, -0.1) is 11.6 Å². The molecule has 0 heterocycles. The molecule has 0 bridgehead atoms. The molecule has 0 radical (unpaired) electrons. The monoisotopic (exact) mass is 224 g/mol. The van der Waals surface area contributed by atoms with E-state index in [2.05, 4.69) is 20.8 Å². The molecule has 0 atom stereocenters. The zero-order valence-electron chi connectivity index (χ0n) is 9.99. The summed E-state index contributed by atoms with van der Waals surface area (Å²) in [5.41, 5.74) is 6.63. The number of carbonyl (C=O) groups is 1. The number of hydrogen-bond acceptors (Lipinski definition) is 1. The molecule has 0 aromatic heterocycles. The quantitative estimate of drug-likeness (QED) is 0.554. The minimum Gasteiger partial charge on any atom is -0.293 e. The lowest BCUT2D eigenvalue weighted by Gasteiger charge is -2.17. The van der Waals surface area contributed by atoms with Crippen molar-refractivity contribution in [2.75, 3.05) is 5.88 Å². The molecule has 0 saturated carbocycles. The van der Waals surface area contributed by atoms with Gasteiger partial charge in [0.05, 0.1) is 5.88 Å². The molecular formula is C13H17ClO. The van der Waals surface area contributed by atoms with Crippen LogP contribution in [0.2, 0.25) is 0 Å². The largest absolute Gasteiger partial charge is 0.293 e. The van der Waals surface area contributed by atoms with Crippen molar-refractivity contribution in [1.82, 2.24) is 0 Å². The molecule has 0 aliphatic rings. The van der Waals surface area contributed by atoms with E-state index in [9.17, 15) is 4.79 Å². The third-order valence-corrected chi connectivity index (χ3v) is 3.64. The summed E-state index contributed by atoms with van der Waals surface area (Å²) in [6, 6.07) is 0. The molecule has 0 aliphatic carbocycles. The molecule has 1 nitrogen and oxygen atoms in total. The summed E-state index contributed by atoms with van der Waals surface area (Å²) in [7, 11) is 0. The zero-order chi connectivity index (χ0) is 11.7. The highest BCUT2D eigenvalue weighted by atomic mass is 35.5. The van der Waals surface area contributed by atoms with Crippen molar-refractivity contribution >= 4 is 17.4 Å². The zero-order valence-corrected chi connectivity index (χ0v) is 10.7. The summed E-state index contributed by atoms with van der Waals surface area (Å²) >= 11 is 5.63. The first-order chi connectivity index (χ1) is 6.91. The molecule has 0 amide bonds. The number of halogens is 1. The van der Waals surface area contributed by atoms with Gasteiger partial charge in [0.15, 0.2) is 5.78 Å². The highest BCUT2D eigenvalue weighted by Crippen LogP contribution is 2.26. The maximum absolute atomic E-state index is 11.7.